The molecule has 0 radical (unpaired) electrons. The zero-order valence-corrected chi connectivity index (χ0v) is 18.7. The van der Waals surface area contributed by atoms with Crippen molar-refractivity contribution < 1.29 is 14.1 Å². The van der Waals surface area contributed by atoms with Gasteiger partial charge in [0.15, 0.2) is 11.5 Å². The van der Waals surface area contributed by atoms with Gasteiger partial charge in [0.05, 0.1) is 25.1 Å². The Kier molecular flexibility index (Phi) is 7.33. The van der Waals surface area contributed by atoms with Crippen LogP contribution in [0.3, 0.4) is 0 Å². The first-order valence-electron chi connectivity index (χ1n) is 10.8. The van der Waals surface area contributed by atoms with Gasteiger partial charge in [0.1, 0.15) is 18.0 Å². The lowest BCUT2D eigenvalue weighted by Crippen LogP contribution is -2.16. The molecule has 0 aliphatic carbocycles. The van der Waals surface area contributed by atoms with Crippen LogP contribution in [0.5, 0.6) is 11.5 Å². The highest BCUT2D eigenvalue weighted by Gasteiger charge is 2.11. The Morgan fingerprint density at radius 1 is 0.909 bits per heavy atom. The van der Waals surface area contributed by atoms with Crippen LogP contribution in [0.1, 0.15) is 29.4 Å². The van der Waals surface area contributed by atoms with Gasteiger partial charge in [-0.05, 0) is 55.3 Å². The number of nitrogens with zero attached hydrogens (tertiary/aromatic N) is 4. The van der Waals surface area contributed by atoms with Crippen LogP contribution in [-0.4, -0.2) is 23.1 Å². The number of aromatic nitrogens is 2. The van der Waals surface area contributed by atoms with Crippen molar-refractivity contribution in [1.29, 1.82) is 0 Å². The molecule has 4 rings (SSSR count). The number of anilines is 1. The molecular weight excluding hydrogens is 416 g/mol. The number of rotatable bonds is 10. The maximum Gasteiger partial charge on any atom is 0.161 e. The van der Waals surface area contributed by atoms with E-state index < -0.39 is 0 Å². The molecule has 168 valence electrons. The summed E-state index contributed by atoms with van der Waals surface area (Å²) in [5, 5.41) is 14.4. The molecule has 0 unspecified atom stereocenters. The number of aryl methyl sites for hydroxylation is 1. The molecule has 0 fully saturated rings. The van der Waals surface area contributed by atoms with Crippen molar-refractivity contribution in [3.63, 3.8) is 0 Å². The van der Waals surface area contributed by atoms with E-state index in [1.54, 1.807) is 0 Å². The minimum atomic E-state index is 0.252. The van der Waals surface area contributed by atoms with E-state index in [1.807, 2.05) is 91.8 Å². The molecule has 0 spiro atoms. The topological polar surface area (TPSA) is 73.0 Å². The van der Waals surface area contributed by atoms with Gasteiger partial charge in [0, 0.05) is 0 Å². The first-order valence-corrected chi connectivity index (χ1v) is 10.8. The second kappa shape index (κ2) is 10.9. The van der Waals surface area contributed by atoms with Gasteiger partial charge in [-0.25, -0.2) is 4.63 Å². The molecule has 0 atom stereocenters. The van der Waals surface area contributed by atoms with Crippen molar-refractivity contribution in [2.75, 3.05) is 11.6 Å². The fourth-order valence-corrected chi connectivity index (χ4v) is 3.21. The van der Waals surface area contributed by atoms with Gasteiger partial charge in [0.2, 0.25) is 0 Å². The van der Waals surface area contributed by atoms with Crippen molar-refractivity contribution in [3.8, 4) is 11.5 Å². The van der Waals surface area contributed by atoms with E-state index in [1.165, 1.54) is 5.56 Å². The van der Waals surface area contributed by atoms with E-state index >= 15 is 0 Å². The van der Waals surface area contributed by atoms with E-state index in [4.69, 9.17) is 19.2 Å². The lowest BCUT2D eigenvalue weighted by Gasteiger charge is -2.19. The fourth-order valence-electron chi connectivity index (χ4n) is 3.21. The highest BCUT2D eigenvalue weighted by atomic mass is 16.6. The molecule has 1 aromatic heterocycles. The van der Waals surface area contributed by atoms with Crippen molar-refractivity contribution in [2.45, 2.75) is 27.0 Å². The van der Waals surface area contributed by atoms with Gasteiger partial charge in [-0.1, -0.05) is 58.8 Å². The summed E-state index contributed by atoms with van der Waals surface area (Å²) in [5.74, 6) is 1.27. The molecular formula is C26H26N4O3. The second-order valence-electron chi connectivity index (χ2n) is 7.35. The first kappa shape index (κ1) is 22.1. The average Bonchev–Trinajstić information content (AvgIpc) is 3.27. The zero-order chi connectivity index (χ0) is 22.9. The van der Waals surface area contributed by atoms with Crippen molar-refractivity contribution in [1.82, 2.24) is 10.3 Å². The molecule has 0 aliphatic heterocycles. The summed E-state index contributed by atoms with van der Waals surface area (Å²) in [6.07, 6.45) is 1.83. The summed E-state index contributed by atoms with van der Waals surface area (Å²) in [5.41, 5.74) is 4.45. The summed E-state index contributed by atoms with van der Waals surface area (Å²) < 4.78 is 16.4. The van der Waals surface area contributed by atoms with Crippen molar-refractivity contribution in [3.05, 3.63) is 101 Å². The van der Waals surface area contributed by atoms with Crippen molar-refractivity contribution in [2.24, 2.45) is 5.10 Å². The monoisotopic (exact) mass is 442 g/mol. The Morgan fingerprint density at radius 3 is 2.36 bits per heavy atom. The summed E-state index contributed by atoms with van der Waals surface area (Å²) in [6, 6.07) is 26.1. The number of hydrogen-bond acceptors (Lipinski definition) is 7. The maximum atomic E-state index is 5.90. The van der Waals surface area contributed by atoms with E-state index in [-0.39, 0.29) is 6.61 Å². The maximum absolute atomic E-state index is 5.90. The highest BCUT2D eigenvalue weighted by Crippen LogP contribution is 2.29. The normalized spacial score (nSPS) is 11.0. The molecule has 1 heterocycles. The quantitative estimate of drug-likeness (QED) is 0.242. The average molecular weight is 443 g/mol. The first-order chi connectivity index (χ1) is 16.2. The SMILES string of the molecule is CCOc1cc(/C=N/N(Cc2ccccc2)c2ccccc2)ccc1OCc1nonc1C. The van der Waals surface area contributed by atoms with Gasteiger partial charge >= 0.3 is 0 Å². The molecule has 4 aromatic rings. The summed E-state index contributed by atoms with van der Waals surface area (Å²) in [7, 11) is 0. The van der Waals surface area contributed by atoms with Gasteiger partial charge in [0.25, 0.3) is 0 Å². The fraction of sp³-hybridized carbons (Fsp3) is 0.192. The van der Waals surface area contributed by atoms with Crippen LogP contribution in [0.2, 0.25) is 0 Å². The molecule has 33 heavy (non-hydrogen) atoms. The van der Waals surface area contributed by atoms with Crippen LogP contribution >= 0.6 is 0 Å². The number of benzene rings is 3. The van der Waals surface area contributed by atoms with Crippen LogP contribution in [0, 0.1) is 6.92 Å². The molecule has 7 heteroatoms. The van der Waals surface area contributed by atoms with Gasteiger partial charge < -0.3 is 9.47 Å². The van der Waals surface area contributed by atoms with Crippen LogP contribution in [0.4, 0.5) is 5.69 Å². The predicted octanol–water partition coefficient (Wildman–Crippen LogP) is 5.40. The number of para-hydroxylation sites is 1. The smallest absolute Gasteiger partial charge is 0.161 e. The molecule has 0 aliphatic rings. The third kappa shape index (κ3) is 5.98. The minimum absolute atomic E-state index is 0.252. The Hall–Kier alpha value is -4.13. The van der Waals surface area contributed by atoms with E-state index in [0.717, 1.165) is 11.3 Å². The summed E-state index contributed by atoms with van der Waals surface area (Å²) >= 11 is 0. The van der Waals surface area contributed by atoms with Gasteiger partial charge in [-0.2, -0.15) is 5.10 Å². The van der Waals surface area contributed by atoms with Crippen LogP contribution in [0.25, 0.3) is 0 Å². The van der Waals surface area contributed by atoms with Gasteiger partial charge in [-0.15, -0.1) is 0 Å². The van der Waals surface area contributed by atoms with Crippen LogP contribution in [-0.2, 0) is 13.2 Å². The molecule has 0 saturated carbocycles. The summed E-state index contributed by atoms with van der Waals surface area (Å²) in [4.78, 5) is 0. The van der Waals surface area contributed by atoms with E-state index in [0.29, 0.717) is 36.0 Å². The molecule has 0 N–H and O–H groups in total. The molecule has 7 nitrogen and oxygen atoms in total. The zero-order valence-electron chi connectivity index (χ0n) is 18.7. The molecule has 0 saturated heterocycles. The Morgan fingerprint density at radius 2 is 1.67 bits per heavy atom. The molecule has 0 amide bonds. The lowest BCUT2D eigenvalue weighted by molar-refractivity contribution is 0.253. The minimum Gasteiger partial charge on any atom is -0.490 e. The number of hydrazone groups is 1. The Labute approximate surface area is 193 Å². The second-order valence-corrected chi connectivity index (χ2v) is 7.35. The lowest BCUT2D eigenvalue weighted by atomic mass is 10.2. The summed E-state index contributed by atoms with van der Waals surface area (Å²) in [6.45, 7) is 5.19. The van der Waals surface area contributed by atoms with Gasteiger partial charge in [-0.3, -0.25) is 5.01 Å². The molecule has 0 bridgehead atoms. The highest BCUT2D eigenvalue weighted by molar-refractivity contribution is 5.81. The molecule has 3 aromatic carbocycles. The Balaban J connectivity index is 1.54. The van der Waals surface area contributed by atoms with E-state index in [9.17, 15) is 0 Å². The van der Waals surface area contributed by atoms with Crippen LogP contribution < -0.4 is 14.5 Å². The Bertz CT molecular complexity index is 1180. The van der Waals surface area contributed by atoms with Crippen molar-refractivity contribution >= 4 is 11.9 Å². The number of hydrogen-bond donors (Lipinski definition) is 0. The van der Waals surface area contributed by atoms with E-state index in [2.05, 4.69) is 22.4 Å². The third-order valence-electron chi connectivity index (χ3n) is 4.95. The standard InChI is InChI=1S/C26H26N4O3/c1-3-31-26-16-22(14-15-25(26)32-19-24-20(2)28-33-29-24)17-27-30(23-12-8-5-9-13-23)18-21-10-6-4-7-11-21/h4-17H,3,18-19H2,1-2H3/b27-17+. The van der Waals surface area contributed by atoms with Crippen LogP contribution in [0.15, 0.2) is 88.6 Å². The predicted molar refractivity (Wildman–Crippen MR) is 128 cm³/mol. The third-order valence-corrected chi connectivity index (χ3v) is 4.95. The largest absolute Gasteiger partial charge is 0.490 e. The number of ether oxygens (including phenoxy) is 2.